The largest absolute Gasteiger partial charge is 0.390 e. The van der Waals surface area contributed by atoms with Gasteiger partial charge in [-0.1, -0.05) is 36.4 Å². The number of nitrogens with zero attached hydrogens (tertiary/aromatic N) is 1. The lowest BCUT2D eigenvalue weighted by molar-refractivity contribution is -0.118. The number of carbonyl (C=O) groups excluding carboxylic acids is 1. The summed E-state index contributed by atoms with van der Waals surface area (Å²) < 4.78 is 82.5. The van der Waals surface area contributed by atoms with Crippen LogP contribution < -0.4 is 5.32 Å². The maximum absolute atomic E-state index is 14.5. The fraction of sp³-hybridized carbons (Fsp3) is 0.240. The summed E-state index contributed by atoms with van der Waals surface area (Å²) in [4.78, 5) is 11.7. The van der Waals surface area contributed by atoms with Crippen molar-refractivity contribution in [2.24, 2.45) is 0 Å². The fourth-order valence-corrected chi connectivity index (χ4v) is 5.85. The summed E-state index contributed by atoms with van der Waals surface area (Å²) in [6.07, 6.45) is -0.818. The van der Waals surface area contributed by atoms with E-state index in [1.165, 1.54) is 11.3 Å². The first kappa shape index (κ1) is 28.5. The summed E-state index contributed by atoms with van der Waals surface area (Å²) in [6, 6.07) is 11.2. The molecule has 198 valence electrons. The molecule has 0 bridgehead atoms. The molecule has 0 saturated carbocycles. The first-order valence-electron chi connectivity index (χ1n) is 11.0. The number of sulfonamides is 1. The van der Waals surface area contributed by atoms with Crippen molar-refractivity contribution in [3.05, 3.63) is 99.8 Å². The van der Waals surface area contributed by atoms with Crippen LogP contribution in [0, 0.1) is 17.5 Å². The minimum absolute atomic E-state index is 0.0549. The standard InChI is InChI=1S/C25H24F4N2O4S2/c1-16(26)10-25(33)30-22(11-17-6-3-2-4-7-17)23(32)15-31(14-18-8-5-9-36-18)37(34,35)24-13-20(28)19(27)12-21(24)29/h2-10,12-13,22-23,32H,11,14-15H2,1H3,(H,30,33)/b16-10+/t22-,23+/m0/s1. The summed E-state index contributed by atoms with van der Waals surface area (Å²) >= 11 is 1.19. The molecular weight excluding hydrogens is 532 g/mol. The SMILES string of the molecule is C/C(F)=C\C(=O)N[C@@H](Cc1ccccc1)[C@H](O)CN(Cc1cccs1)S(=O)(=O)c1cc(F)c(F)cc1F. The number of aliphatic hydroxyl groups excluding tert-OH is 1. The molecule has 3 aromatic rings. The topological polar surface area (TPSA) is 86.7 Å². The molecule has 0 fully saturated rings. The number of nitrogens with one attached hydrogen (secondary N) is 1. The molecule has 6 nitrogen and oxygen atoms in total. The van der Waals surface area contributed by atoms with E-state index in [0.717, 1.165) is 11.2 Å². The number of hydrogen-bond donors (Lipinski definition) is 2. The second kappa shape index (κ2) is 12.5. The summed E-state index contributed by atoms with van der Waals surface area (Å²) in [7, 11) is -4.78. The normalized spacial score (nSPS) is 14.0. The lowest BCUT2D eigenvalue weighted by Gasteiger charge is -2.29. The van der Waals surface area contributed by atoms with Crippen molar-refractivity contribution in [3.8, 4) is 0 Å². The van der Waals surface area contributed by atoms with Gasteiger partial charge in [-0.05, 0) is 36.4 Å². The zero-order chi connectivity index (χ0) is 27.2. The predicted molar refractivity (Wildman–Crippen MR) is 131 cm³/mol. The summed E-state index contributed by atoms with van der Waals surface area (Å²) in [5.74, 6) is -6.23. The van der Waals surface area contributed by atoms with Crippen LogP contribution in [0.25, 0.3) is 0 Å². The predicted octanol–water partition coefficient (Wildman–Crippen LogP) is 4.32. The van der Waals surface area contributed by atoms with E-state index in [0.29, 0.717) is 16.5 Å². The Bertz CT molecular complexity index is 1350. The molecule has 3 rings (SSSR count). The number of thiophene rings is 1. The molecule has 0 aliphatic heterocycles. The second-order valence-electron chi connectivity index (χ2n) is 8.18. The highest BCUT2D eigenvalue weighted by Gasteiger charge is 2.33. The number of aliphatic hydroxyl groups is 1. The van der Waals surface area contributed by atoms with E-state index in [-0.39, 0.29) is 25.1 Å². The second-order valence-corrected chi connectivity index (χ2v) is 11.1. The lowest BCUT2D eigenvalue weighted by Crippen LogP contribution is -2.50. The quantitative estimate of drug-likeness (QED) is 0.209. The van der Waals surface area contributed by atoms with E-state index >= 15 is 0 Å². The molecule has 37 heavy (non-hydrogen) atoms. The van der Waals surface area contributed by atoms with Gasteiger partial charge in [0.2, 0.25) is 15.9 Å². The Morgan fingerprint density at radius 2 is 1.76 bits per heavy atom. The first-order chi connectivity index (χ1) is 17.5. The minimum Gasteiger partial charge on any atom is -0.390 e. The van der Waals surface area contributed by atoms with Gasteiger partial charge in [0.1, 0.15) is 16.5 Å². The molecule has 0 spiro atoms. The van der Waals surface area contributed by atoms with Crippen LogP contribution in [0.15, 0.2) is 76.8 Å². The molecule has 2 N–H and O–H groups in total. The zero-order valence-electron chi connectivity index (χ0n) is 19.6. The summed E-state index contributed by atoms with van der Waals surface area (Å²) in [5, 5.41) is 15.2. The van der Waals surface area contributed by atoms with E-state index < -0.39 is 62.8 Å². The third-order valence-corrected chi connectivity index (χ3v) is 8.00. The molecule has 0 unspecified atom stereocenters. The molecule has 0 saturated heterocycles. The van der Waals surface area contributed by atoms with Gasteiger partial charge in [0.05, 0.1) is 12.1 Å². The van der Waals surface area contributed by atoms with Gasteiger partial charge in [0.15, 0.2) is 11.6 Å². The van der Waals surface area contributed by atoms with Crippen molar-refractivity contribution in [1.82, 2.24) is 9.62 Å². The van der Waals surface area contributed by atoms with Crippen LogP contribution in [0.2, 0.25) is 0 Å². The van der Waals surface area contributed by atoms with Gasteiger partial charge in [-0.25, -0.2) is 26.0 Å². The Hall–Kier alpha value is -3.06. The van der Waals surface area contributed by atoms with Crippen LogP contribution in [0.4, 0.5) is 17.6 Å². The van der Waals surface area contributed by atoms with E-state index in [9.17, 15) is 35.9 Å². The third-order valence-electron chi connectivity index (χ3n) is 5.32. The van der Waals surface area contributed by atoms with Crippen LogP contribution >= 0.6 is 11.3 Å². The monoisotopic (exact) mass is 556 g/mol. The molecule has 1 heterocycles. The highest BCUT2D eigenvalue weighted by Crippen LogP contribution is 2.25. The average molecular weight is 557 g/mol. The van der Waals surface area contributed by atoms with Crippen LogP contribution in [0.1, 0.15) is 17.4 Å². The molecule has 2 atom stereocenters. The molecule has 12 heteroatoms. The van der Waals surface area contributed by atoms with Crippen LogP contribution in [-0.4, -0.2) is 42.4 Å². The highest BCUT2D eigenvalue weighted by atomic mass is 32.2. The van der Waals surface area contributed by atoms with Gasteiger partial charge in [-0.2, -0.15) is 4.31 Å². The van der Waals surface area contributed by atoms with Crippen molar-refractivity contribution in [2.45, 2.75) is 36.9 Å². The Morgan fingerprint density at radius 1 is 1.08 bits per heavy atom. The van der Waals surface area contributed by atoms with Gasteiger partial charge >= 0.3 is 0 Å². The lowest BCUT2D eigenvalue weighted by atomic mass is 10.0. The van der Waals surface area contributed by atoms with Crippen molar-refractivity contribution in [3.63, 3.8) is 0 Å². The number of carbonyl (C=O) groups is 1. The summed E-state index contributed by atoms with van der Waals surface area (Å²) in [6.45, 7) is 0.105. The van der Waals surface area contributed by atoms with Gasteiger partial charge in [-0.3, -0.25) is 4.79 Å². The Kier molecular flexibility index (Phi) is 9.60. The van der Waals surface area contributed by atoms with Crippen molar-refractivity contribution >= 4 is 27.3 Å². The van der Waals surface area contributed by atoms with E-state index in [4.69, 9.17) is 0 Å². The number of amides is 1. The van der Waals surface area contributed by atoms with Crippen molar-refractivity contribution in [1.29, 1.82) is 0 Å². The third kappa shape index (κ3) is 7.71. The van der Waals surface area contributed by atoms with E-state index in [2.05, 4.69) is 5.32 Å². The number of hydrogen-bond acceptors (Lipinski definition) is 5. The minimum atomic E-state index is -4.78. The molecule has 2 aromatic carbocycles. The number of benzene rings is 2. The molecular formula is C25H24F4N2O4S2. The number of rotatable bonds is 11. The van der Waals surface area contributed by atoms with Gasteiger partial charge in [-0.15, -0.1) is 11.3 Å². The average Bonchev–Trinajstić information content (AvgIpc) is 3.34. The maximum Gasteiger partial charge on any atom is 0.246 e. The van der Waals surface area contributed by atoms with Crippen molar-refractivity contribution in [2.75, 3.05) is 6.54 Å². The molecule has 1 amide bonds. The zero-order valence-corrected chi connectivity index (χ0v) is 21.2. The first-order valence-corrected chi connectivity index (χ1v) is 13.3. The van der Waals surface area contributed by atoms with Gasteiger partial charge in [0, 0.05) is 30.1 Å². The Balaban J connectivity index is 1.96. The van der Waals surface area contributed by atoms with Gasteiger partial charge in [0.25, 0.3) is 0 Å². The summed E-state index contributed by atoms with van der Waals surface area (Å²) in [5.41, 5.74) is 0.687. The van der Waals surface area contributed by atoms with Crippen LogP contribution in [0.3, 0.4) is 0 Å². The Morgan fingerprint density at radius 3 is 2.38 bits per heavy atom. The maximum atomic E-state index is 14.5. The van der Waals surface area contributed by atoms with Crippen LogP contribution in [-0.2, 0) is 27.8 Å². The smallest absolute Gasteiger partial charge is 0.246 e. The van der Waals surface area contributed by atoms with Gasteiger partial charge < -0.3 is 10.4 Å². The molecule has 1 aromatic heterocycles. The number of allylic oxidation sites excluding steroid dienone is 1. The Labute approximate surface area is 215 Å². The molecule has 0 aliphatic carbocycles. The fourth-order valence-electron chi connectivity index (χ4n) is 3.56. The highest BCUT2D eigenvalue weighted by molar-refractivity contribution is 7.89. The molecule has 0 aliphatic rings. The van der Waals surface area contributed by atoms with E-state index in [1.54, 1.807) is 47.8 Å². The van der Waals surface area contributed by atoms with Crippen LogP contribution in [0.5, 0.6) is 0 Å². The number of halogens is 4. The van der Waals surface area contributed by atoms with Crippen molar-refractivity contribution < 1.29 is 35.9 Å². The van der Waals surface area contributed by atoms with E-state index in [1.807, 2.05) is 0 Å². The molecule has 0 radical (unpaired) electrons.